The van der Waals surface area contributed by atoms with Crippen molar-refractivity contribution in [3.63, 3.8) is 0 Å². The molecule has 0 bridgehead atoms. The maximum atomic E-state index is 12.9. The van der Waals surface area contributed by atoms with Crippen LogP contribution in [0.4, 0.5) is 0 Å². The van der Waals surface area contributed by atoms with E-state index < -0.39 is 0 Å². The number of pyridine rings is 1. The number of amides is 1. The Morgan fingerprint density at radius 1 is 1.11 bits per heavy atom. The first kappa shape index (κ1) is 16.3. The molecule has 1 aliphatic carbocycles. The Kier molecular flexibility index (Phi) is 3.69. The summed E-state index contributed by atoms with van der Waals surface area (Å²) in [5, 5.41) is 3.87. The zero-order valence-corrected chi connectivity index (χ0v) is 15.3. The number of benzene rings is 2. The monoisotopic (exact) mass is 376 g/mol. The summed E-state index contributed by atoms with van der Waals surface area (Å²) in [4.78, 5) is 17.0. The first-order valence-corrected chi connectivity index (χ1v) is 9.32. The topological polar surface area (TPSA) is 51.2 Å². The molecule has 2 heterocycles. The molecule has 1 saturated carbocycles. The van der Waals surface area contributed by atoms with E-state index >= 15 is 0 Å². The zero-order chi connectivity index (χ0) is 18.4. The molecule has 5 heteroatoms. The molecule has 1 N–H and O–H groups in total. The van der Waals surface area contributed by atoms with Crippen molar-refractivity contribution in [2.24, 2.45) is 0 Å². The molecule has 0 radical (unpaired) electrons. The van der Waals surface area contributed by atoms with Crippen LogP contribution in [0.5, 0.6) is 5.75 Å². The fourth-order valence-corrected chi connectivity index (χ4v) is 4.01. The smallest absolute Gasteiger partial charge is 0.252 e. The number of hydrogen-bond acceptors (Lipinski definition) is 3. The third-order valence-corrected chi connectivity index (χ3v) is 5.64. The van der Waals surface area contributed by atoms with Crippen LogP contribution in [0.2, 0.25) is 5.02 Å². The van der Waals surface area contributed by atoms with Crippen LogP contribution in [-0.4, -0.2) is 10.9 Å². The average Bonchev–Trinajstić information content (AvgIpc) is 3.48. The quantitative estimate of drug-likeness (QED) is 0.720. The molecule has 0 atom stereocenters. The molecular formula is C22H17ClN2O2. The third kappa shape index (κ3) is 2.77. The molecule has 2 aromatic carbocycles. The molecule has 0 saturated heterocycles. The number of fused-ring (bicyclic) bond motifs is 3. The molecule has 3 aromatic rings. The van der Waals surface area contributed by atoms with Crippen molar-refractivity contribution in [3.8, 4) is 16.9 Å². The van der Waals surface area contributed by atoms with E-state index in [1.165, 1.54) is 0 Å². The van der Waals surface area contributed by atoms with Crippen molar-refractivity contribution in [1.82, 2.24) is 10.3 Å². The van der Waals surface area contributed by atoms with E-state index in [0.717, 1.165) is 40.8 Å². The fraction of sp³-hybridized carbons (Fsp3) is 0.182. The van der Waals surface area contributed by atoms with E-state index in [-0.39, 0.29) is 11.4 Å². The van der Waals surface area contributed by atoms with E-state index in [1.807, 2.05) is 54.7 Å². The van der Waals surface area contributed by atoms with Gasteiger partial charge in [0.15, 0.2) is 0 Å². The number of aromatic nitrogens is 1. The van der Waals surface area contributed by atoms with E-state index in [9.17, 15) is 4.79 Å². The highest BCUT2D eigenvalue weighted by atomic mass is 35.5. The van der Waals surface area contributed by atoms with Gasteiger partial charge in [-0.3, -0.25) is 9.78 Å². The molecule has 134 valence electrons. The van der Waals surface area contributed by atoms with Crippen molar-refractivity contribution in [1.29, 1.82) is 0 Å². The second kappa shape index (κ2) is 6.10. The largest absolute Gasteiger partial charge is 0.488 e. The number of halogens is 1. The summed E-state index contributed by atoms with van der Waals surface area (Å²) in [7, 11) is 0. The highest BCUT2D eigenvalue weighted by molar-refractivity contribution is 6.31. The lowest BCUT2D eigenvalue weighted by Gasteiger charge is -2.22. The lowest BCUT2D eigenvalue weighted by Crippen LogP contribution is -2.35. The fourth-order valence-electron chi connectivity index (χ4n) is 3.69. The Labute approximate surface area is 162 Å². The molecule has 0 spiro atoms. The first-order valence-electron chi connectivity index (χ1n) is 8.94. The van der Waals surface area contributed by atoms with Crippen LogP contribution in [0.1, 0.15) is 34.3 Å². The van der Waals surface area contributed by atoms with Crippen LogP contribution in [0.15, 0.2) is 60.9 Å². The summed E-state index contributed by atoms with van der Waals surface area (Å²) in [6, 6.07) is 15.3. The second-order valence-corrected chi connectivity index (χ2v) is 7.46. The zero-order valence-electron chi connectivity index (χ0n) is 14.5. The van der Waals surface area contributed by atoms with Gasteiger partial charge in [-0.05, 0) is 54.3 Å². The summed E-state index contributed by atoms with van der Waals surface area (Å²) in [5.41, 5.74) is 4.36. The normalized spacial score (nSPS) is 15.9. The van der Waals surface area contributed by atoms with Gasteiger partial charge in [0, 0.05) is 34.1 Å². The Morgan fingerprint density at radius 3 is 2.78 bits per heavy atom. The van der Waals surface area contributed by atoms with Gasteiger partial charge in [-0.25, -0.2) is 0 Å². The van der Waals surface area contributed by atoms with Crippen LogP contribution in [0.3, 0.4) is 0 Å². The van der Waals surface area contributed by atoms with Gasteiger partial charge < -0.3 is 10.1 Å². The van der Waals surface area contributed by atoms with Gasteiger partial charge in [0.25, 0.3) is 5.91 Å². The van der Waals surface area contributed by atoms with Gasteiger partial charge in [-0.2, -0.15) is 0 Å². The van der Waals surface area contributed by atoms with Gasteiger partial charge >= 0.3 is 0 Å². The number of carbonyl (C=O) groups is 1. The molecular weight excluding hydrogens is 360 g/mol. The average molecular weight is 377 g/mol. The van der Waals surface area contributed by atoms with Crippen molar-refractivity contribution in [3.05, 3.63) is 82.6 Å². The lowest BCUT2D eigenvalue weighted by molar-refractivity contribution is 0.0930. The molecule has 27 heavy (non-hydrogen) atoms. The molecule has 2 aliphatic rings. The second-order valence-electron chi connectivity index (χ2n) is 7.05. The summed E-state index contributed by atoms with van der Waals surface area (Å²) < 4.78 is 5.85. The predicted molar refractivity (Wildman–Crippen MR) is 104 cm³/mol. The number of rotatable bonds is 3. The van der Waals surface area contributed by atoms with Crippen LogP contribution in [0.25, 0.3) is 11.1 Å². The maximum absolute atomic E-state index is 12.9. The molecule has 1 aliphatic heterocycles. The number of nitrogens with one attached hydrogen (secondary N) is 1. The molecule has 1 fully saturated rings. The molecule has 1 amide bonds. The molecule has 0 unspecified atom stereocenters. The van der Waals surface area contributed by atoms with Gasteiger partial charge in [-0.15, -0.1) is 0 Å². The number of carbonyl (C=O) groups excluding carboxylic acids is 1. The van der Waals surface area contributed by atoms with Crippen LogP contribution in [-0.2, 0) is 12.1 Å². The summed E-state index contributed by atoms with van der Waals surface area (Å²) in [6.45, 7) is 0.463. The number of nitrogens with zero attached hydrogens (tertiary/aromatic N) is 1. The Balaban J connectivity index is 1.43. The minimum atomic E-state index is -0.357. The van der Waals surface area contributed by atoms with Gasteiger partial charge in [0.1, 0.15) is 12.4 Å². The van der Waals surface area contributed by atoms with Gasteiger partial charge in [0.05, 0.1) is 5.54 Å². The minimum Gasteiger partial charge on any atom is -0.488 e. The van der Waals surface area contributed by atoms with Crippen molar-refractivity contribution < 1.29 is 9.53 Å². The van der Waals surface area contributed by atoms with Crippen molar-refractivity contribution >= 4 is 17.5 Å². The van der Waals surface area contributed by atoms with E-state index in [0.29, 0.717) is 17.2 Å². The van der Waals surface area contributed by atoms with Crippen molar-refractivity contribution in [2.75, 3.05) is 0 Å². The Bertz CT molecular complexity index is 1060. The van der Waals surface area contributed by atoms with Crippen LogP contribution >= 0.6 is 11.6 Å². The maximum Gasteiger partial charge on any atom is 0.252 e. The van der Waals surface area contributed by atoms with E-state index in [4.69, 9.17) is 16.3 Å². The highest BCUT2D eigenvalue weighted by Gasteiger charge is 2.47. The number of hydrogen-bond donors (Lipinski definition) is 1. The van der Waals surface area contributed by atoms with Crippen LogP contribution in [0, 0.1) is 0 Å². The first-order chi connectivity index (χ1) is 13.2. The van der Waals surface area contributed by atoms with E-state index in [1.54, 1.807) is 6.20 Å². The minimum absolute atomic E-state index is 0.112. The number of ether oxygens (including phenoxy) is 1. The van der Waals surface area contributed by atoms with Crippen LogP contribution < -0.4 is 10.1 Å². The Morgan fingerprint density at radius 2 is 1.96 bits per heavy atom. The summed E-state index contributed by atoms with van der Waals surface area (Å²) in [5.74, 6) is 0.614. The lowest BCUT2D eigenvalue weighted by atomic mass is 9.97. The predicted octanol–water partition coefficient (Wildman–Crippen LogP) is 4.71. The molecule has 1 aromatic heterocycles. The van der Waals surface area contributed by atoms with E-state index in [2.05, 4.69) is 10.3 Å². The molecule has 5 rings (SSSR count). The SMILES string of the molecule is O=C(NC1(c2ccccc2Cl)CC1)c1ccc2c(c1)OCc1cnccc1-2. The third-order valence-electron chi connectivity index (χ3n) is 5.31. The highest BCUT2D eigenvalue weighted by Crippen LogP contribution is 2.48. The van der Waals surface area contributed by atoms with Gasteiger partial charge in [0.2, 0.25) is 0 Å². The molecule has 4 nitrogen and oxygen atoms in total. The Hall–Kier alpha value is -2.85. The standard InChI is InChI=1S/C22H17ClN2O2/c23-19-4-2-1-3-18(19)22(8-9-22)25-21(26)14-5-6-17-16-7-10-24-12-15(16)13-27-20(17)11-14/h1-7,10-12H,8-9,13H2,(H,25,26). The summed E-state index contributed by atoms with van der Waals surface area (Å²) >= 11 is 6.34. The van der Waals surface area contributed by atoms with Gasteiger partial charge in [-0.1, -0.05) is 29.8 Å². The van der Waals surface area contributed by atoms with Crippen molar-refractivity contribution in [2.45, 2.75) is 25.0 Å². The summed E-state index contributed by atoms with van der Waals surface area (Å²) in [6.07, 6.45) is 5.38.